The molecule has 8 bridgehead atoms. The summed E-state index contributed by atoms with van der Waals surface area (Å²) < 4.78 is 4.01. The van der Waals surface area contributed by atoms with E-state index in [1.807, 2.05) is 109 Å². The lowest BCUT2D eigenvalue weighted by Crippen LogP contribution is -2.26. The van der Waals surface area contributed by atoms with Crippen molar-refractivity contribution < 1.29 is 23.8 Å². The van der Waals surface area contributed by atoms with Gasteiger partial charge in [0.25, 0.3) is 0 Å². The smallest absolute Gasteiger partial charge is 0.303 e. The first kappa shape index (κ1) is 36.8. The molecule has 1 aromatic carbocycles. The number of pyridine rings is 2. The van der Waals surface area contributed by atoms with Crippen LogP contribution in [-0.4, -0.2) is 51.0 Å². The minimum absolute atomic E-state index is 0.110. The van der Waals surface area contributed by atoms with Crippen LogP contribution in [0.3, 0.4) is 0 Å². The van der Waals surface area contributed by atoms with Gasteiger partial charge >= 0.3 is 5.97 Å². The average molecular weight is 777 g/mol. The lowest BCUT2D eigenvalue weighted by molar-refractivity contribution is -0.671. The second-order valence-corrected chi connectivity index (χ2v) is 14.7. The van der Waals surface area contributed by atoms with Gasteiger partial charge in [-0.3, -0.25) is 9.59 Å². The fourth-order valence-electron chi connectivity index (χ4n) is 7.51. The lowest BCUT2D eigenvalue weighted by Gasteiger charge is -2.16. The quantitative estimate of drug-likeness (QED) is 0.180. The molecule has 4 aromatic rings. The molecule has 0 atom stereocenters. The van der Waals surface area contributed by atoms with Gasteiger partial charge in [0.1, 0.15) is 14.1 Å². The number of H-pyrrole nitrogens is 1. The summed E-state index contributed by atoms with van der Waals surface area (Å²) in [7, 11) is 5.99. The number of rotatable bonds is 7. The van der Waals surface area contributed by atoms with Crippen LogP contribution in [0.4, 0.5) is 5.69 Å². The second-order valence-electron chi connectivity index (χ2n) is 14.7. The van der Waals surface area contributed by atoms with Crippen LogP contribution in [0.25, 0.3) is 16.7 Å². The van der Waals surface area contributed by atoms with Crippen molar-refractivity contribution in [3.8, 4) is 0 Å². The number of aryl methyl sites for hydroxylation is 2. The number of nitrogens with zero attached hydrogens (tertiary/aromatic N) is 6. The van der Waals surface area contributed by atoms with E-state index in [1.165, 1.54) is 0 Å². The van der Waals surface area contributed by atoms with Gasteiger partial charge in [0.2, 0.25) is 5.91 Å². The number of aliphatic imine (C=N–C) groups is 3. The number of amides is 1. The van der Waals surface area contributed by atoms with E-state index in [4.69, 9.17) is 20.1 Å². The summed E-state index contributed by atoms with van der Waals surface area (Å²) in [5, 5.41) is 11.9. The Morgan fingerprint density at radius 3 is 1.56 bits per heavy atom. The Hall–Kier alpha value is -7.79. The van der Waals surface area contributed by atoms with Gasteiger partial charge in [-0.2, -0.15) is 0 Å². The van der Waals surface area contributed by atoms with Crippen LogP contribution >= 0.6 is 0 Å². The molecule has 5 aliphatic rings. The van der Waals surface area contributed by atoms with Gasteiger partial charge in [-0.1, -0.05) is 12.1 Å². The maximum Gasteiger partial charge on any atom is 0.303 e. The number of carbonyl (C=O) groups is 2. The summed E-state index contributed by atoms with van der Waals surface area (Å²) in [5.74, 6) is -1.38. The third kappa shape index (κ3) is 7.44. The fraction of sp³-hybridized carbons (Fsp3) is 0.104. The topological polar surface area (TPSA) is 130 Å². The van der Waals surface area contributed by atoms with Gasteiger partial charge in [-0.05, 0) is 95.1 Å². The first-order valence-corrected chi connectivity index (χ1v) is 19.3. The van der Waals surface area contributed by atoms with E-state index < -0.39 is 5.97 Å². The van der Waals surface area contributed by atoms with E-state index in [9.17, 15) is 9.59 Å². The summed E-state index contributed by atoms with van der Waals surface area (Å²) in [6.45, 7) is 0. The number of hydrogen-bond acceptors (Lipinski definition) is 6. The molecule has 3 N–H and O–H groups in total. The number of carbonyl (C=O) groups excluding carboxylic acids is 1. The van der Waals surface area contributed by atoms with Gasteiger partial charge in [-0.15, -0.1) is 0 Å². The van der Waals surface area contributed by atoms with Crippen molar-refractivity contribution in [1.29, 1.82) is 0 Å². The van der Waals surface area contributed by atoms with Crippen LogP contribution in [0.15, 0.2) is 190 Å². The van der Waals surface area contributed by atoms with E-state index in [2.05, 4.69) is 83.2 Å². The van der Waals surface area contributed by atoms with Crippen molar-refractivity contribution >= 4 is 51.4 Å². The van der Waals surface area contributed by atoms with E-state index in [0.29, 0.717) is 5.69 Å². The number of allylic oxidation sites excluding steroid dienone is 11. The molecule has 0 aliphatic carbocycles. The highest BCUT2D eigenvalue weighted by Gasteiger charge is 2.27. The van der Waals surface area contributed by atoms with E-state index >= 15 is 0 Å². The largest absolute Gasteiger partial charge is 0.481 e. The van der Waals surface area contributed by atoms with E-state index in [0.717, 1.165) is 90.2 Å². The molecule has 288 valence electrons. The highest BCUT2D eigenvalue weighted by atomic mass is 16.4. The monoisotopic (exact) mass is 776 g/mol. The molecule has 11 heteroatoms. The molecule has 11 nitrogen and oxygen atoms in total. The number of anilines is 1. The minimum Gasteiger partial charge on any atom is -0.481 e. The summed E-state index contributed by atoms with van der Waals surface area (Å²) in [6.07, 6.45) is 28.4. The Labute approximate surface area is 341 Å². The van der Waals surface area contributed by atoms with Crippen LogP contribution in [0.1, 0.15) is 40.9 Å². The third-order valence-electron chi connectivity index (χ3n) is 10.5. The molecule has 0 radical (unpaired) electrons. The summed E-state index contributed by atoms with van der Waals surface area (Å²) in [6, 6.07) is 20.0. The van der Waals surface area contributed by atoms with Crippen LogP contribution < -0.4 is 14.5 Å². The fourth-order valence-corrected chi connectivity index (χ4v) is 7.51. The number of hydrogen-bond donors (Lipinski definition) is 3. The summed E-state index contributed by atoms with van der Waals surface area (Å²) in [5.41, 5.74) is 14.5. The van der Waals surface area contributed by atoms with Crippen molar-refractivity contribution in [1.82, 2.24) is 9.88 Å². The molecule has 0 saturated heterocycles. The van der Waals surface area contributed by atoms with Crippen molar-refractivity contribution in [2.24, 2.45) is 29.1 Å². The van der Waals surface area contributed by atoms with Crippen molar-refractivity contribution in [2.75, 3.05) is 12.4 Å². The molecule has 59 heavy (non-hydrogen) atoms. The number of aromatic amines is 1. The third-order valence-corrected chi connectivity index (χ3v) is 10.5. The Kier molecular flexibility index (Phi) is 9.54. The number of aromatic nitrogens is 3. The molecule has 0 fully saturated rings. The van der Waals surface area contributed by atoms with Gasteiger partial charge in [0.05, 0.1) is 40.6 Å². The zero-order chi connectivity index (χ0) is 40.6. The van der Waals surface area contributed by atoms with E-state index in [1.54, 1.807) is 0 Å². The summed E-state index contributed by atoms with van der Waals surface area (Å²) in [4.78, 5) is 45.3. The lowest BCUT2D eigenvalue weighted by atomic mass is 9.97. The standard InChI is InChI=1S/C48H38N8O3/c1-54-24-18-31(19-25-54)46-37-10-8-35(50-37)45(30-4-6-34(7-5-30)49-43(57)16-17-44(58)59)36-9-11-38(51-36)47(32-20-26-55(2)27-21-32)40-13-15-42(53-40)48(41-14-12-39(46)52-41)33-22-28-56(3)29-23-33/h4-15,18-29H,16-17H2,1-3H3,(H-2,49,50,51,52,53,57,58,59)/p+2. The molecule has 0 saturated carbocycles. The Balaban J connectivity index is 1.28. The predicted octanol–water partition coefficient (Wildman–Crippen LogP) is 6.71. The van der Waals surface area contributed by atoms with Crippen molar-refractivity contribution in [2.45, 2.75) is 12.8 Å². The first-order chi connectivity index (χ1) is 28.7. The normalized spacial score (nSPS) is 16.7. The average Bonchev–Trinajstić information content (AvgIpc) is 4.08. The minimum atomic E-state index is -1.02. The predicted molar refractivity (Wildman–Crippen MR) is 230 cm³/mol. The molecule has 0 spiro atoms. The Morgan fingerprint density at radius 2 is 1.05 bits per heavy atom. The molecule has 3 aromatic heterocycles. The zero-order valence-corrected chi connectivity index (χ0v) is 32.7. The van der Waals surface area contributed by atoms with Crippen LogP contribution in [0.2, 0.25) is 0 Å². The number of carboxylic acids is 1. The molecule has 5 aliphatic heterocycles. The van der Waals surface area contributed by atoms with Crippen LogP contribution in [-0.2, 0) is 23.7 Å². The highest BCUT2D eigenvalue weighted by molar-refractivity contribution is 6.36. The number of fused-ring (bicyclic) bond motifs is 5. The highest BCUT2D eigenvalue weighted by Crippen LogP contribution is 2.38. The van der Waals surface area contributed by atoms with Gasteiger partial charge < -0.3 is 20.3 Å². The SMILES string of the molecule is CN1C=CC(=C2C3=NC(=C(c4cc[n+](C)cc4)C4=NC(=C(c5ccc(NC(=O)CCC(=O)O)cc5)c5ccc([nH]5)C(c5cc[n+](C)cc5)=C5C=CC2=N5)C=C4)C=C3)C=C1. The number of benzene rings is 1. The molecular weight excluding hydrogens is 737 g/mol. The maximum atomic E-state index is 12.5. The van der Waals surface area contributed by atoms with Gasteiger partial charge in [-0.25, -0.2) is 24.1 Å². The molecule has 8 heterocycles. The number of nitrogens with one attached hydrogen (secondary N) is 2. The van der Waals surface area contributed by atoms with E-state index in [-0.39, 0.29) is 18.7 Å². The zero-order valence-electron chi connectivity index (χ0n) is 32.7. The number of aliphatic carboxylic acids is 1. The molecule has 9 rings (SSSR count). The Morgan fingerprint density at radius 1 is 0.593 bits per heavy atom. The molecule has 0 unspecified atom stereocenters. The molecule has 1 amide bonds. The van der Waals surface area contributed by atoms with Crippen LogP contribution in [0, 0.1) is 0 Å². The van der Waals surface area contributed by atoms with Crippen molar-refractivity contribution in [3.63, 3.8) is 0 Å². The first-order valence-electron chi connectivity index (χ1n) is 19.3. The Bertz CT molecular complexity index is 2820. The molecular formula is C48H40N8O3+2. The number of carboxylic acid groups (broad SMARTS) is 1. The van der Waals surface area contributed by atoms with Crippen molar-refractivity contribution in [3.05, 3.63) is 203 Å². The second kappa shape index (κ2) is 15.3. The van der Waals surface area contributed by atoms with Crippen LogP contribution in [0.5, 0.6) is 0 Å². The van der Waals surface area contributed by atoms with Gasteiger partial charge in [0, 0.05) is 89.5 Å². The summed E-state index contributed by atoms with van der Waals surface area (Å²) >= 11 is 0. The van der Waals surface area contributed by atoms with Gasteiger partial charge in [0.15, 0.2) is 24.8 Å². The maximum absolute atomic E-state index is 12.5.